The molecule has 330 valence electrons. The van der Waals surface area contributed by atoms with Gasteiger partial charge < -0.3 is 31.3 Å². The van der Waals surface area contributed by atoms with Crippen LogP contribution >= 0.6 is 0 Å². The van der Waals surface area contributed by atoms with Gasteiger partial charge in [0.15, 0.2) is 0 Å². The molecule has 3 aliphatic rings. The van der Waals surface area contributed by atoms with Gasteiger partial charge in [-0.2, -0.15) is 10.2 Å². The highest BCUT2D eigenvalue weighted by Gasteiger charge is 2.45. The number of carbonyl (C=O) groups excluding carboxylic acids is 5. The highest BCUT2D eigenvalue weighted by atomic mass is 19.4. The van der Waals surface area contributed by atoms with Crippen LogP contribution in [0.3, 0.4) is 0 Å². The highest BCUT2D eigenvalue weighted by Crippen LogP contribution is 2.33. The van der Waals surface area contributed by atoms with Crippen LogP contribution in [0.2, 0.25) is 0 Å². The van der Waals surface area contributed by atoms with E-state index in [0.29, 0.717) is 56.1 Å². The fraction of sp³-hybridized carbons (Fsp3) is 0.488. The maximum absolute atomic E-state index is 13.3. The van der Waals surface area contributed by atoms with Gasteiger partial charge in [-0.25, -0.2) is 4.98 Å². The summed E-state index contributed by atoms with van der Waals surface area (Å²) < 4.78 is 42.5. The average molecular weight is 861 g/mol. The van der Waals surface area contributed by atoms with Crippen LogP contribution in [-0.4, -0.2) is 89.0 Å². The lowest BCUT2D eigenvalue weighted by atomic mass is 9.86. The van der Waals surface area contributed by atoms with Crippen LogP contribution in [-0.2, 0) is 20.9 Å². The van der Waals surface area contributed by atoms with Crippen LogP contribution in [0.15, 0.2) is 48.7 Å². The number of amides is 5. The van der Waals surface area contributed by atoms with Gasteiger partial charge >= 0.3 is 6.36 Å². The number of alkyl halides is 3. The Morgan fingerprint density at radius 2 is 1.66 bits per heavy atom. The molecule has 5 amide bonds. The number of benzene rings is 2. The smallest absolute Gasteiger partial charge is 0.405 e. The van der Waals surface area contributed by atoms with Crippen LogP contribution in [0.1, 0.15) is 109 Å². The second-order valence-corrected chi connectivity index (χ2v) is 15.6. The van der Waals surface area contributed by atoms with Crippen molar-refractivity contribution >= 4 is 47.0 Å². The first-order valence-corrected chi connectivity index (χ1v) is 21.1. The predicted octanol–water partition coefficient (Wildman–Crippen LogP) is 5.39. The summed E-state index contributed by atoms with van der Waals surface area (Å²) in [5.41, 5.74) is 1.55. The fourth-order valence-corrected chi connectivity index (χ4v) is 7.94. The van der Waals surface area contributed by atoms with Crippen molar-refractivity contribution in [2.75, 3.05) is 42.1 Å². The van der Waals surface area contributed by atoms with Crippen LogP contribution in [0.4, 0.5) is 30.6 Å². The number of unbranched alkanes of at least 4 members (excludes halogenated alkanes) is 4. The molecule has 1 saturated heterocycles. The van der Waals surface area contributed by atoms with Gasteiger partial charge in [-0.05, 0) is 69.1 Å². The van der Waals surface area contributed by atoms with E-state index >= 15 is 0 Å². The van der Waals surface area contributed by atoms with E-state index in [1.54, 1.807) is 24.3 Å². The van der Waals surface area contributed by atoms with E-state index in [9.17, 15) is 42.4 Å². The lowest BCUT2D eigenvalue weighted by molar-refractivity contribution is -0.274. The van der Waals surface area contributed by atoms with E-state index in [1.165, 1.54) is 24.4 Å². The Labute approximate surface area is 357 Å². The molecule has 3 heterocycles. The molecular weight excluding hydrogens is 810 g/mol. The van der Waals surface area contributed by atoms with Gasteiger partial charge in [0.2, 0.25) is 23.7 Å². The molecule has 0 radical (unpaired) electrons. The zero-order chi connectivity index (χ0) is 44.1. The van der Waals surface area contributed by atoms with Gasteiger partial charge in [0, 0.05) is 62.9 Å². The molecule has 2 aromatic carbocycles. The minimum Gasteiger partial charge on any atom is -0.405 e. The summed E-state index contributed by atoms with van der Waals surface area (Å²) in [4.78, 5) is 72.2. The number of hydrogen-bond donors (Lipinski definition) is 6. The van der Waals surface area contributed by atoms with Crippen LogP contribution in [0.25, 0.3) is 0 Å². The molecule has 1 atom stereocenters. The zero-order valence-electron chi connectivity index (χ0n) is 34.2. The monoisotopic (exact) mass is 860 g/mol. The first-order valence-electron chi connectivity index (χ1n) is 21.1. The number of nitrogens with zero attached hydrogens (tertiary/aromatic N) is 4. The summed E-state index contributed by atoms with van der Waals surface area (Å²) in [6, 6.07) is 12.2. The Morgan fingerprint density at radius 3 is 2.44 bits per heavy atom. The van der Waals surface area contributed by atoms with E-state index in [0.717, 1.165) is 62.7 Å². The van der Waals surface area contributed by atoms with Crippen molar-refractivity contribution in [1.82, 2.24) is 30.8 Å². The maximum Gasteiger partial charge on any atom is 0.573 e. The van der Waals surface area contributed by atoms with Crippen molar-refractivity contribution in [3.8, 4) is 11.8 Å². The molecular formula is C43H51F3N10O6. The molecule has 1 unspecified atom stereocenters. The van der Waals surface area contributed by atoms with Crippen molar-refractivity contribution in [1.29, 1.82) is 5.26 Å². The highest BCUT2D eigenvalue weighted by molar-refractivity contribution is 6.25. The lowest BCUT2D eigenvalue weighted by Gasteiger charge is -2.29. The minimum absolute atomic E-state index is 0.0189. The molecule has 2 fully saturated rings. The summed E-state index contributed by atoms with van der Waals surface area (Å²) in [6.45, 7) is 2.37. The predicted molar refractivity (Wildman–Crippen MR) is 222 cm³/mol. The van der Waals surface area contributed by atoms with Crippen LogP contribution in [0, 0.1) is 17.2 Å². The lowest BCUT2D eigenvalue weighted by Crippen LogP contribution is -2.54. The third-order valence-electron chi connectivity index (χ3n) is 11.2. The number of carbonyl (C=O) groups is 5. The zero-order valence-corrected chi connectivity index (χ0v) is 34.2. The minimum atomic E-state index is -4.82. The summed E-state index contributed by atoms with van der Waals surface area (Å²) in [5, 5.41) is 27.8. The van der Waals surface area contributed by atoms with E-state index in [1.807, 2.05) is 0 Å². The molecule has 19 heteroatoms. The molecule has 2 aliphatic heterocycles. The molecule has 6 N–H and O–H groups in total. The Balaban J connectivity index is 0.796. The third-order valence-corrected chi connectivity index (χ3v) is 11.2. The Hall–Kier alpha value is -6.29. The molecule has 0 spiro atoms. The van der Waals surface area contributed by atoms with Gasteiger partial charge in [-0.3, -0.25) is 34.2 Å². The Morgan fingerprint density at radius 1 is 0.887 bits per heavy atom. The summed E-state index contributed by atoms with van der Waals surface area (Å²) in [5.74, 6) is -1.57. The number of nitriles is 1. The molecule has 1 aromatic heterocycles. The number of nitrogens with one attached hydrogen (secondary N) is 6. The van der Waals surface area contributed by atoms with Crippen molar-refractivity contribution in [3.63, 3.8) is 0 Å². The van der Waals surface area contributed by atoms with Gasteiger partial charge in [0.05, 0.1) is 17.3 Å². The second-order valence-electron chi connectivity index (χ2n) is 15.6. The molecule has 1 saturated carbocycles. The van der Waals surface area contributed by atoms with Crippen molar-refractivity contribution < 1.29 is 41.9 Å². The molecule has 6 rings (SSSR count). The van der Waals surface area contributed by atoms with Crippen molar-refractivity contribution in [2.24, 2.45) is 5.92 Å². The van der Waals surface area contributed by atoms with E-state index < -0.39 is 36.0 Å². The largest absolute Gasteiger partial charge is 0.573 e. The number of halogens is 3. The number of ether oxygens (including phenoxy) is 1. The van der Waals surface area contributed by atoms with Crippen LogP contribution in [0.5, 0.6) is 5.75 Å². The maximum atomic E-state index is 13.3. The van der Waals surface area contributed by atoms with Gasteiger partial charge in [-0.15, -0.1) is 13.2 Å². The van der Waals surface area contributed by atoms with Crippen molar-refractivity contribution in [2.45, 2.75) is 102 Å². The topological polar surface area (TPSA) is 220 Å². The number of rotatable bonds is 21. The van der Waals surface area contributed by atoms with Gasteiger partial charge in [0.1, 0.15) is 29.2 Å². The molecule has 62 heavy (non-hydrogen) atoms. The number of piperidine rings is 1. The first-order chi connectivity index (χ1) is 29.9. The van der Waals surface area contributed by atoms with Crippen LogP contribution < -0.4 is 36.6 Å². The van der Waals surface area contributed by atoms with E-state index in [4.69, 9.17) is 0 Å². The molecule has 1 aliphatic carbocycles. The van der Waals surface area contributed by atoms with Gasteiger partial charge in [0.25, 0.3) is 11.8 Å². The quantitative estimate of drug-likeness (QED) is 0.0586. The first kappa shape index (κ1) is 45.2. The summed E-state index contributed by atoms with van der Waals surface area (Å²) in [6.07, 6.45) is 5.40. The van der Waals surface area contributed by atoms with E-state index in [2.05, 4.69) is 52.7 Å². The average Bonchev–Trinajstić information content (AvgIpc) is 3.50. The molecule has 3 aromatic rings. The standard InChI is InChI=1S/C43H51F3N10O6/c44-43(45,46)62-34-12-6-5-9-28(34)25-52-42-53-26-29(23-47)38(55-42)51-24-27-14-16-30(17-15-27)48-21-22-50-35(57)13-4-2-1-3-7-20-49-32-11-8-10-31-37(32)41(61)56(40(31)60)33-18-19-36(58)54-39(33)59/h5-6,8-12,26-27,30,33,48-49H,1-4,7,13-22,24-25H2,(H,50,57)(H,54,58,59)(H2,51,52,53,55). The normalized spacial score (nSPS) is 18.7. The van der Waals surface area contributed by atoms with E-state index in [-0.39, 0.29) is 59.2 Å². The number of fused-ring (bicyclic) bond motifs is 1. The summed E-state index contributed by atoms with van der Waals surface area (Å²) >= 11 is 0. The van der Waals surface area contributed by atoms with Crippen molar-refractivity contribution in [3.05, 3.63) is 70.9 Å². The number of aromatic nitrogens is 2. The van der Waals surface area contributed by atoms with Gasteiger partial charge in [-0.1, -0.05) is 43.5 Å². The molecule has 16 nitrogen and oxygen atoms in total. The Bertz CT molecular complexity index is 2140. The summed E-state index contributed by atoms with van der Waals surface area (Å²) in [7, 11) is 0. The fourth-order valence-electron chi connectivity index (χ4n) is 7.94. The number of para-hydroxylation sites is 1. The number of hydrogen-bond acceptors (Lipinski definition) is 13. The Kier molecular flexibility index (Phi) is 15.7. The number of anilines is 3. The SMILES string of the molecule is N#Cc1cnc(NCc2ccccc2OC(F)(F)F)nc1NCC1CCC(NCCNC(=O)CCCCCCCNc2cccc3c2C(=O)N(C2CCC(=O)NC2=O)C3=O)CC1. The number of imide groups is 2. The third kappa shape index (κ3) is 12.4. The molecule has 0 bridgehead atoms. The second kappa shape index (κ2) is 21.5.